The first-order chi connectivity index (χ1) is 20.9. The number of aromatic hydroxyl groups is 1. The van der Waals surface area contributed by atoms with Crippen molar-refractivity contribution >= 4 is 17.5 Å². The first kappa shape index (κ1) is 31.7. The molecule has 1 fully saturated rings. The number of nitrogens with zero attached hydrogens (tertiary/aromatic N) is 3. The quantitative estimate of drug-likeness (QED) is 0.222. The number of benzene rings is 2. The molecule has 3 heterocycles. The van der Waals surface area contributed by atoms with Crippen LogP contribution in [0.25, 0.3) is 11.1 Å². The molecule has 1 aromatic heterocycles. The van der Waals surface area contributed by atoms with Gasteiger partial charge in [-0.1, -0.05) is 6.07 Å². The Morgan fingerprint density at radius 3 is 2.24 bits per heavy atom. The van der Waals surface area contributed by atoms with Gasteiger partial charge in [0.15, 0.2) is 0 Å². The third-order valence-electron chi connectivity index (χ3n) is 7.71. The van der Waals surface area contributed by atoms with Crippen molar-refractivity contribution in [1.82, 2.24) is 15.0 Å². The average Bonchev–Trinajstić information content (AvgIpc) is 3.34. The topological polar surface area (TPSA) is 106 Å². The Morgan fingerprint density at radius 1 is 1.00 bits per heavy atom. The van der Waals surface area contributed by atoms with Crippen LogP contribution in [0, 0.1) is 11.6 Å². The maximum absolute atomic E-state index is 14.6. The van der Waals surface area contributed by atoms with Crippen LogP contribution in [0.2, 0.25) is 0 Å². The number of amides is 2. The molecule has 3 aromatic rings. The van der Waals surface area contributed by atoms with Crippen LogP contribution in [0.15, 0.2) is 60.0 Å². The number of carbonyl (C=O) groups is 2. The number of rotatable bonds is 5. The largest absolute Gasteiger partial charge is 0.509 e. The van der Waals surface area contributed by atoms with E-state index in [1.807, 2.05) is 0 Å². The lowest BCUT2D eigenvalue weighted by Gasteiger charge is -2.46. The number of hydrazine groups is 1. The highest BCUT2D eigenvalue weighted by atomic mass is 19.4. The van der Waals surface area contributed by atoms with Crippen molar-refractivity contribution in [3.63, 3.8) is 0 Å². The highest BCUT2D eigenvalue weighted by Gasteiger charge is 2.53. The number of phenolic OH excluding ortho intramolecular Hbond substituents is 1. The molecule has 2 aliphatic heterocycles. The summed E-state index contributed by atoms with van der Waals surface area (Å²) >= 11 is 0. The lowest BCUT2D eigenvalue weighted by molar-refractivity contribution is -0.160. The molecule has 2 amide bonds. The van der Waals surface area contributed by atoms with Gasteiger partial charge in [-0.2, -0.15) is 26.3 Å². The second kappa shape index (κ2) is 11.0. The van der Waals surface area contributed by atoms with Gasteiger partial charge in [0.25, 0.3) is 11.8 Å². The second-order valence-corrected chi connectivity index (χ2v) is 10.6. The molecule has 5 rings (SSSR count). The molecule has 45 heavy (non-hydrogen) atoms. The Morgan fingerprint density at radius 2 is 1.67 bits per heavy atom. The van der Waals surface area contributed by atoms with Crippen molar-refractivity contribution in [2.24, 2.45) is 0 Å². The standard InChI is InChI=1S/C29H22F8N4O4/c1-27-7-2-8-41(27)40(13-18-19(30)10-16(42)11-20(18)31)26(45)23(24(27)43)25(44)39-21-5-4-15(28(32,33)34)9-17(21)14-3-6-22(38-12-14)29(35,36)37/h3-6,9-12,42-43H,2,7-8,13H2,1H3,(H,39,44). The minimum atomic E-state index is -4.88. The summed E-state index contributed by atoms with van der Waals surface area (Å²) < 4.78 is 109. The molecule has 0 aliphatic carbocycles. The van der Waals surface area contributed by atoms with Gasteiger partial charge in [-0.25, -0.2) is 13.8 Å². The first-order valence-electron chi connectivity index (χ1n) is 13.2. The predicted octanol–water partition coefficient (Wildman–Crippen LogP) is 6.33. The molecule has 0 radical (unpaired) electrons. The fourth-order valence-electron chi connectivity index (χ4n) is 5.41. The van der Waals surface area contributed by atoms with E-state index in [9.17, 15) is 54.9 Å². The van der Waals surface area contributed by atoms with Crippen LogP contribution >= 0.6 is 0 Å². The summed E-state index contributed by atoms with van der Waals surface area (Å²) in [6.45, 7) is 0.870. The van der Waals surface area contributed by atoms with Gasteiger partial charge < -0.3 is 15.5 Å². The molecule has 16 heteroatoms. The number of halogens is 8. The monoisotopic (exact) mass is 642 g/mol. The second-order valence-electron chi connectivity index (χ2n) is 10.6. The summed E-state index contributed by atoms with van der Waals surface area (Å²) in [5.41, 5.74) is -6.43. The van der Waals surface area contributed by atoms with Crippen molar-refractivity contribution in [1.29, 1.82) is 0 Å². The number of pyridine rings is 1. The highest BCUT2D eigenvalue weighted by molar-refractivity contribution is 6.24. The summed E-state index contributed by atoms with van der Waals surface area (Å²) in [5.74, 6) is -6.28. The summed E-state index contributed by atoms with van der Waals surface area (Å²) in [6, 6.07) is 4.62. The first-order valence-corrected chi connectivity index (χ1v) is 13.2. The number of phenols is 1. The van der Waals surface area contributed by atoms with Crippen molar-refractivity contribution in [2.45, 2.75) is 44.2 Å². The Labute approximate surface area is 249 Å². The van der Waals surface area contributed by atoms with Crippen molar-refractivity contribution in [3.05, 3.63) is 88.4 Å². The lowest BCUT2D eigenvalue weighted by Crippen LogP contribution is -2.60. The van der Waals surface area contributed by atoms with Gasteiger partial charge in [0.1, 0.15) is 34.4 Å². The Kier molecular flexibility index (Phi) is 7.75. The van der Waals surface area contributed by atoms with Crippen LogP contribution < -0.4 is 5.32 Å². The summed E-state index contributed by atoms with van der Waals surface area (Å²) in [5, 5.41) is 25.1. The van der Waals surface area contributed by atoms with Gasteiger partial charge in [-0.3, -0.25) is 19.6 Å². The molecule has 0 spiro atoms. The van der Waals surface area contributed by atoms with Crippen molar-refractivity contribution in [3.8, 4) is 16.9 Å². The number of hydrogen-bond acceptors (Lipinski definition) is 6. The van der Waals surface area contributed by atoms with Crippen molar-refractivity contribution < 1.29 is 54.9 Å². The van der Waals surface area contributed by atoms with Crippen LogP contribution in [0.5, 0.6) is 5.75 Å². The normalized spacial score (nSPS) is 19.2. The van der Waals surface area contributed by atoms with E-state index in [2.05, 4.69) is 10.3 Å². The van der Waals surface area contributed by atoms with E-state index >= 15 is 0 Å². The number of fused-ring (bicyclic) bond motifs is 1. The molecule has 8 nitrogen and oxygen atoms in total. The Hall–Kier alpha value is -4.73. The third kappa shape index (κ3) is 5.77. The molecule has 1 saturated heterocycles. The predicted molar refractivity (Wildman–Crippen MR) is 141 cm³/mol. The number of alkyl halides is 6. The van der Waals surface area contributed by atoms with Crippen LogP contribution in [0.3, 0.4) is 0 Å². The molecule has 2 aromatic carbocycles. The van der Waals surface area contributed by atoms with E-state index in [1.165, 1.54) is 11.9 Å². The highest BCUT2D eigenvalue weighted by Crippen LogP contribution is 2.43. The zero-order valence-corrected chi connectivity index (χ0v) is 23.0. The van der Waals surface area contributed by atoms with Gasteiger partial charge in [0.2, 0.25) is 0 Å². The van der Waals surface area contributed by atoms with E-state index in [1.54, 1.807) is 0 Å². The maximum Gasteiger partial charge on any atom is 0.433 e. The van der Waals surface area contributed by atoms with E-state index < -0.39 is 87.4 Å². The summed E-state index contributed by atoms with van der Waals surface area (Å²) in [7, 11) is 0. The van der Waals surface area contributed by atoms with Crippen LogP contribution in [-0.4, -0.2) is 49.1 Å². The minimum absolute atomic E-state index is 0.145. The molecule has 238 valence electrons. The van der Waals surface area contributed by atoms with Crippen LogP contribution in [0.4, 0.5) is 40.8 Å². The van der Waals surface area contributed by atoms with E-state index in [-0.39, 0.29) is 24.2 Å². The van der Waals surface area contributed by atoms with Gasteiger partial charge in [-0.05, 0) is 44.0 Å². The lowest BCUT2D eigenvalue weighted by atomic mass is 9.90. The molecule has 2 aliphatic rings. The van der Waals surface area contributed by atoms with E-state index in [0.717, 1.165) is 17.1 Å². The summed E-state index contributed by atoms with van der Waals surface area (Å²) in [6.07, 6.45) is -8.46. The average molecular weight is 643 g/mol. The van der Waals surface area contributed by atoms with Crippen LogP contribution in [0.1, 0.15) is 36.6 Å². The van der Waals surface area contributed by atoms with E-state index in [4.69, 9.17) is 0 Å². The van der Waals surface area contributed by atoms with Gasteiger partial charge in [-0.15, -0.1) is 0 Å². The fourth-order valence-corrected chi connectivity index (χ4v) is 5.41. The Bertz CT molecular complexity index is 1700. The number of hydrogen-bond donors (Lipinski definition) is 3. The number of aliphatic hydroxyl groups excluding tert-OH is 1. The summed E-state index contributed by atoms with van der Waals surface area (Å²) in [4.78, 5) is 30.5. The number of carbonyl (C=O) groups excluding carboxylic acids is 2. The molecular formula is C29H22F8N4O4. The Balaban J connectivity index is 1.55. The van der Waals surface area contributed by atoms with Gasteiger partial charge >= 0.3 is 12.4 Å². The molecular weight excluding hydrogens is 620 g/mol. The number of nitrogens with one attached hydrogen (secondary N) is 1. The van der Waals surface area contributed by atoms with Gasteiger partial charge in [0.05, 0.1) is 17.6 Å². The molecule has 0 saturated carbocycles. The SMILES string of the molecule is CC12CCCN1N(Cc1c(F)cc(O)cc1F)C(=O)C(C(=O)Nc1ccc(C(F)(F)F)cc1-c1ccc(C(F)(F)F)nc1)=C2O. The number of anilines is 1. The fraction of sp³-hybridized carbons (Fsp3) is 0.276. The zero-order valence-electron chi connectivity index (χ0n) is 23.0. The molecule has 1 unspecified atom stereocenters. The van der Waals surface area contributed by atoms with E-state index in [0.29, 0.717) is 42.9 Å². The third-order valence-corrected chi connectivity index (χ3v) is 7.71. The molecule has 0 bridgehead atoms. The van der Waals surface area contributed by atoms with Crippen LogP contribution in [-0.2, 0) is 28.5 Å². The van der Waals surface area contributed by atoms with Crippen molar-refractivity contribution in [2.75, 3.05) is 11.9 Å². The maximum atomic E-state index is 14.6. The zero-order chi connectivity index (χ0) is 33.1. The number of aliphatic hydroxyl groups is 1. The molecule has 1 atom stereocenters. The van der Waals surface area contributed by atoms with Gasteiger partial charge in [0, 0.05) is 47.3 Å². The smallest absolute Gasteiger partial charge is 0.433 e. The molecule has 3 N–H and O–H groups in total. The minimum Gasteiger partial charge on any atom is -0.509 e. The number of aromatic nitrogens is 1.